The Morgan fingerprint density at radius 1 is 1.24 bits per heavy atom. The SMILES string of the molecule is C=CC(=O)N1CC2(CCN(c3cc4c(c(-c5c(C)ccc6[nH]ncc56)c3C)COCC4)C2)C1. The molecule has 3 aromatic rings. The molecule has 33 heavy (non-hydrogen) atoms. The van der Waals surface area contributed by atoms with Crippen molar-refractivity contribution in [2.45, 2.75) is 33.3 Å². The molecule has 6 nitrogen and oxygen atoms in total. The zero-order chi connectivity index (χ0) is 22.7. The number of ether oxygens (including phenoxy) is 1. The van der Waals surface area contributed by atoms with Crippen LogP contribution in [0, 0.1) is 19.3 Å². The maximum absolute atomic E-state index is 12.0. The summed E-state index contributed by atoms with van der Waals surface area (Å²) in [5, 5.41) is 8.63. The second kappa shape index (κ2) is 7.45. The van der Waals surface area contributed by atoms with Crippen LogP contribution in [-0.4, -0.2) is 53.8 Å². The minimum atomic E-state index is 0.0509. The molecule has 0 aliphatic carbocycles. The van der Waals surface area contributed by atoms with E-state index < -0.39 is 0 Å². The van der Waals surface area contributed by atoms with Crippen LogP contribution in [0.25, 0.3) is 22.0 Å². The van der Waals surface area contributed by atoms with Crippen molar-refractivity contribution in [3.05, 3.63) is 59.3 Å². The van der Waals surface area contributed by atoms with Crippen LogP contribution in [0.15, 0.2) is 37.1 Å². The minimum Gasteiger partial charge on any atom is -0.376 e. The molecule has 1 aromatic heterocycles. The summed E-state index contributed by atoms with van der Waals surface area (Å²) in [6, 6.07) is 6.70. The number of carbonyl (C=O) groups excluding carboxylic acids is 1. The molecule has 0 atom stereocenters. The molecule has 6 heteroatoms. The first-order valence-corrected chi connectivity index (χ1v) is 11.8. The fraction of sp³-hybridized carbons (Fsp3) is 0.407. The Morgan fingerprint density at radius 3 is 2.91 bits per heavy atom. The maximum atomic E-state index is 12.0. The molecule has 1 N–H and O–H groups in total. The highest BCUT2D eigenvalue weighted by Crippen LogP contribution is 2.46. The molecule has 0 radical (unpaired) electrons. The number of nitrogens with zero attached hydrogens (tertiary/aromatic N) is 3. The lowest BCUT2D eigenvalue weighted by Crippen LogP contribution is -2.59. The summed E-state index contributed by atoms with van der Waals surface area (Å²) in [5.74, 6) is 0.0509. The topological polar surface area (TPSA) is 61.5 Å². The third-order valence-corrected chi connectivity index (χ3v) is 7.92. The van der Waals surface area contributed by atoms with E-state index >= 15 is 0 Å². The fourth-order valence-electron chi connectivity index (χ4n) is 6.19. The van der Waals surface area contributed by atoms with Gasteiger partial charge in [-0.25, -0.2) is 0 Å². The number of anilines is 1. The smallest absolute Gasteiger partial charge is 0.245 e. The standard InChI is InChI=1S/C27H30N4O2/c1-4-24(32)31-15-27(16-31)8-9-30(14-27)23-11-19-7-10-33-13-21(19)26(18(23)3)25-17(2)5-6-22-20(25)12-28-29-22/h4-6,11-12H,1,7-10,13-16H2,2-3H3,(H,28,29). The minimum absolute atomic E-state index is 0.0509. The molecule has 2 saturated heterocycles. The van der Waals surface area contributed by atoms with E-state index in [0.717, 1.165) is 51.1 Å². The Bertz CT molecular complexity index is 1290. The Balaban J connectivity index is 1.44. The molecule has 3 aliphatic rings. The van der Waals surface area contributed by atoms with Gasteiger partial charge in [0.2, 0.25) is 5.91 Å². The van der Waals surface area contributed by atoms with Gasteiger partial charge in [0.25, 0.3) is 0 Å². The fourth-order valence-corrected chi connectivity index (χ4v) is 6.19. The second-order valence-corrected chi connectivity index (χ2v) is 9.99. The van der Waals surface area contributed by atoms with E-state index in [1.165, 1.54) is 50.5 Å². The van der Waals surface area contributed by atoms with Crippen LogP contribution in [0.2, 0.25) is 0 Å². The zero-order valence-electron chi connectivity index (χ0n) is 19.4. The first-order chi connectivity index (χ1) is 16.0. The lowest BCUT2D eigenvalue weighted by atomic mass is 9.79. The summed E-state index contributed by atoms with van der Waals surface area (Å²) in [4.78, 5) is 16.5. The second-order valence-electron chi connectivity index (χ2n) is 9.99. The lowest BCUT2D eigenvalue weighted by molar-refractivity contribution is -0.136. The van der Waals surface area contributed by atoms with E-state index in [4.69, 9.17) is 4.74 Å². The van der Waals surface area contributed by atoms with E-state index in [0.29, 0.717) is 6.61 Å². The highest BCUT2D eigenvalue weighted by molar-refractivity contribution is 5.99. The van der Waals surface area contributed by atoms with E-state index in [2.05, 4.69) is 53.7 Å². The molecular formula is C27H30N4O2. The van der Waals surface area contributed by atoms with Crippen molar-refractivity contribution in [2.24, 2.45) is 5.41 Å². The third kappa shape index (κ3) is 3.11. The molecule has 6 rings (SSSR count). The van der Waals surface area contributed by atoms with Gasteiger partial charge >= 0.3 is 0 Å². The molecule has 4 heterocycles. The predicted molar refractivity (Wildman–Crippen MR) is 130 cm³/mol. The van der Waals surface area contributed by atoms with E-state index in [1.54, 1.807) is 0 Å². The van der Waals surface area contributed by atoms with E-state index in [1.807, 2.05) is 11.1 Å². The summed E-state index contributed by atoms with van der Waals surface area (Å²) in [5.41, 5.74) is 10.5. The van der Waals surface area contributed by atoms with Crippen molar-refractivity contribution in [1.29, 1.82) is 0 Å². The van der Waals surface area contributed by atoms with Crippen molar-refractivity contribution < 1.29 is 9.53 Å². The van der Waals surface area contributed by atoms with Crippen molar-refractivity contribution >= 4 is 22.5 Å². The Kier molecular flexibility index (Phi) is 4.63. The monoisotopic (exact) mass is 442 g/mol. The molecule has 3 aliphatic heterocycles. The molecule has 0 saturated carbocycles. The summed E-state index contributed by atoms with van der Waals surface area (Å²) in [6.07, 6.45) is 5.44. The van der Waals surface area contributed by atoms with Crippen LogP contribution in [0.4, 0.5) is 5.69 Å². The van der Waals surface area contributed by atoms with Gasteiger partial charge in [0.1, 0.15) is 0 Å². The van der Waals surface area contributed by atoms with Crippen molar-refractivity contribution in [2.75, 3.05) is 37.7 Å². The molecule has 0 bridgehead atoms. The van der Waals surface area contributed by atoms with Gasteiger partial charge in [-0.05, 0) is 78.3 Å². The van der Waals surface area contributed by atoms with E-state index in [-0.39, 0.29) is 11.3 Å². The maximum Gasteiger partial charge on any atom is 0.245 e. The number of aryl methyl sites for hydroxylation is 1. The molecule has 1 spiro atoms. The quantitative estimate of drug-likeness (QED) is 0.619. The van der Waals surface area contributed by atoms with Gasteiger partial charge in [0.15, 0.2) is 0 Å². The van der Waals surface area contributed by atoms with Crippen LogP contribution in [-0.2, 0) is 22.6 Å². The average Bonchev–Trinajstić information content (AvgIpc) is 3.46. The number of rotatable bonds is 3. The number of amides is 1. The van der Waals surface area contributed by atoms with Gasteiger partial charge in [-0.15, -0.1) is 0 Å². The van der Waals surface area contributed by atoms with Gasteiger partial charge in [0, 0.05) is 42.7 Å². The van der Waals surface area contributed by atoms with Crippen molar-refractivity contribution in [1.82, 2.24) is 15.1 Å². The molecule has 0 unspecified atom stereocenters. The van der Waals surface area contributed by atoms with Crippen molar-refractivity contribution in [3.8, 4) is 11.1 Å². The predicted octanol–water partition coefficient (Wildman–Crippen LogP) is 4.14. The van der Waals surface area contributed by atoms with Gasteiger partial charge in [0.05, 0.1) is 24.9 Å². The number of aromatic amines is 1. The summed E-state index contributed by atoms with van der Waals surface area (Å²) in [7, 11) is 0. The number of benzene rings is 2. The highest BCUT2D eigenvalue weighted by atomic mass is 16.5. The number of H-pyrrole nitrogens is 1. The number of fused-ring (bicyclic) bond motifs is 2. The average molecular weight is 443 g/mol. The van der Waals surface area contributed by atoms with Gasteiger partial charge in [-0.2, -0.15) is 5.10 Å². The van der Waals surface area contributed by atoms with Crippen LogP contribution < -0.4 is 4.90 Å². The number of aromatic nitrogens is 2. The Morgan fingerprint density at radius 2 is 2.09 bits per heavy atom. The third-order valence-electron chi connectivity index (χ3n) is 7.92. The summed E-state index contributed by atoms with van der Waals surface area (Å²) in [6.45, 7) is 13.2. The molecule has 170 valence electrons. The number of carbonyl (C=O) groups is 1. The van der Waals surface area contributed by atoms with Crippen molar-refractivity contribution in [3.63, 3.8) is 0 Å². The zero-order valence-corrected chi connectivity index (χ0v) is 19.4. The lowest BCUT2D eigenvalue weighted by Gasteiger charge is -2.47. The largest absolute Gasteiger partial charge is 0.376 e. The number of hydrogen-bond acceptors (Lipinski definition) is 4. The summed E-state index contributed by atoms with van der Waals surface area (Å²) < 4.78 is 5.93. The molecule has 1 amide bonds. The highest BCUT2D eigenvalue weighted by Gasteiger charge is 2.49. The number of nitrogens with one attached hydrogen (secondary N) is 1. The van der Waals surface area contributed by atoms with Crippen LogP contribution in [0.1, 0.15) is 28.7 Å². The Hall–Kier alpha value is -3.12. The first-order valence-electron chi connectivity index (χ1n) is 11.8. The van der Waals surface area contributed by atoms with Crippen LogP contribution >= 0.6 is 0 Å². The number of hydrogen-bond donors (Lipinski definition) is 1. The van der Waals surface area contributed by atoms with E-state index in [9.17, 15) is 4.79 Å². The summed E-state index contributed by atoms with van der Waals surface area (Å²) >= 11 is 0. The Labute approximate surface area is 194 Å². The van der Waals surface area contributed by atoms with Gasteiger partial charge in [-0.1, -0.05) is 12.6 Å². The van der Waals surface area contributed by atoms with Crippen LogP contribution in [0.5, 0.6) is 0 Å². The molecular weight excluding hydrogens is 412 g/mol. The van der Waals surface area contributed by atoms with Gasteiger partial charge in [-0.3, -0.25) is 9.89 Å². The van der Waals surface area contributed by atoms with Crippen LogP contribution in [0.3, 0.4) is 0 Å². The number of likely N-dealkylation sites (tertiary alicyclic amines) is 1. The first kappa shape index (κ1) is 20.5. The van der Waals surface area contributed by atoms with Gasteiger partial charge < -0.3 is 14.5 Å². The normalized spacial score (nSPS) is 19.1. The molecule has 2 fully saturated rings. The molecule has 2 aromatic carbocycles.